The summed E-state index contributed by atoms with van der Waals surface area (Å²) in [6.07, 6.45) is 2.81. The first-order chi connectivity index (χ1) is 11.5. The van der Waals surface area contributed by atoms with Crippen molar-refractivity contribution < 1.29 is 8.42 Å². The molecule has 0 unspecified atom stereocenters. The predicted molar refractivity (Wildman–Crippen MR) is 94.7 cm³/mol. The second kappa shape index (κ2) is 6.76. The highest BCUT2D eigenvalue weighted by Gasteiger charge is 2.16. The van der Waals surface area contributed by atoms with Gasteiger partial charge in [0.05, 0.1) is 33.0 Å². The number of benzene rings is 2. The second-order valence-corrected chi connectivity index (χ2v) is 7.34. The highest BCUT2D eigenvalue weighted by Crippen LogP contribution is 2.26. The summed E-state index contributed by atoms with van der Waals surface area (Å²) in [6, 6.07) is 13.5. The SMILES string of the molecule is O=S(=O)(Nc1cnc(-c2ccccc2)nc1)c1ccc(Cl)c(Cl)c1. The van der Waals surface area contributed by atoms with Crippen molar-refractivity contribution in [3.05, 3.63) is 71.0 Å². The summed E-state index contributed by atoms with van der Waals surface area (Å²) in [5.74, 6) is 0.507. The largest absolute Gasteiger partial charge is 0.276 e. The first kappa shape index (κ1) is 16.7. The summed E-state index contributed by atoms with van der Waals surface area (Å²) in [5.41, 5.74) is 1.09. The van der Waals surface area contributed by atoms with Crippen LogP contribution in [0.15, 0.2) is 65.8 Å². The Balaban J connectivity index is 1.84. The van der Waals surface area contributed by atoms with E-state index in [0.29, 0.717) is 5.82 Å². The topological polar surface area (TPSA) is 72.0 Å². The number of hydrogen-bond donors (Lipinski definition) is 1. The van der Waals surface area contributed by atoms with E-state index in [1.54, 1.807) is 0 Å². The monoisotopic (exact) mass is 379 g/mol. The van der Waals surface area contributed by atoms with Crippen LogP contribution in [0.1, 0.15) is 0 Å². The van der Waals surface area contributed by atoms with Crippen molar-refractivity contribution in [1.82, 2.24) is 9.97 Å². The minimum absolute atomic E-state index is 0.00374. The molecule has 0 amide bonds. The van der Waals surface area contributed by atoms with Gasteiger partial charge in [0, 0.05) is 5.56 Å². The first-order valence-electron chi connectivity index (χ1n) is 6.81. The molecule has 0 saturated carbocycles. The third-order valence-corrected chi connectivity index (χ3v) is 5.26. The average molecular weight is 380 g/mol. The molecule has 8 heteroatoms. The van der Waals surface area contributed by atoms with Gasteiger partial charge in [-0.25, -0.2) is 18.4 Å². The van der Waals surface area contributed by atoms with Crippen LogP contribution in [0.4, 0.5) is 5.69 Å². The summed E-state index contributed by atoms with van der Waals surface area (Å²) in [5, 5.41) is 0.446. The Bertz CT molecular complexity index is 962. The molecule has 2 aromatic carbocycles. The van der Waals surface area contributed by atoms with Crippen LogP contribution in [0.2, 0.25) is 10.0 Å². The number of halogens is 2. The molecule has 1 aromatic heterocycles. The maximum absolute atomic E-state index is 12.4. The van der Waals surface area contributed by atoms with Crippen LogP contribution in [-0.4, -0.2) is 18.4 Å². The maximum Gasteiger partial charge on any atom is 0.262 e. The van der Waals surface area contributed by atoms with Crippen molar-refractivity contribution in [2.75, 3.05) is 4.72 Å². The van der Waals surface area contributed by atoms with Gasteiger partial charge in [-0.05, 0) is 18.2 Å². The Labute approximate surface area is 149 Å². The Kier molecular flexibility index (Phi) is 4.71. The summed E-state index contributed by atoms with van der Waals surface area (Å²) in [4.78, 5) is 8.35. The van der Waals surface area contributed by atoms with Crippen LogP contribution >= 0.6 is 23.2 Å². The van der Waals surface area contributed by atoms with Crippen LogP contribution in [0.3, 0.4) is 0 Å². The molecule has 1 heterocycles. The number of hydrogen-bond acceptors (Lipinski definition) is 4. The van der Waals surface area contributed by atoms with Gasteiger partial charge in [0.1, 0.15) is 0 Å². The molecular formula is C16H11Cl2N3O2S. The third kappa shape index (κ3) is 3.67. The molecule has 0 aliphatic rings. The van der Waals surface area contributed by atoms with Gasteiger partial charge in [-0.15, -0.1) is 0 Å². The van der Waals surface area contributed by atoms with Gasteiger partial charge in [-0.2, -0.15) is 0 Å². The zero-order valence-corrected chi connectivity index (χ0v) is 14.5. The number of sulfonamides is 1. The fraction of sp³-hybridized carbons (Fsp3) is 0. The molecule has 0 bridgehead atoms. The highest BCUT2D eigenvalue weighted by molar-refractivity contribution is 7.92. The Morgan fingerprint density at radius 1 is 0.875 bits per heavy atom. The second-order valence-electron chi connectivity index (χ2n) is 4.84. The smallest absolute Gasteiger partial charge is 0.262 e. The zero-order valence-electron chi connectivity index (χ0n) is 12.1. The Hall–Kier alpha value is -2.15. The van der Waals surface area contributed by atoms with Gasteiger partial charge in [0.2, 0.25) is 0 Å². The molecule has 0 aliphatic carbocycles. The summed E-state index contributed by atoms with van der Waals surface area (Å²) < 4.78 is 27.1. The van der Waals surface area contributed by atoms with E-state index in [1.165, 1.54) is 30.6 Å². The van der Waals surface area contributed by atoms with E-state index in [0.717, 1.165) is 5.56 Å². The van der Waals surface area contributed by atoms with Gasteiger partial charge in [0.25, 0.3) is 10.0 Å². The van der Waals surface area contributed by atoms with Gasteiger partial charge >= 0.3 is 0 Å². The summed E-state index contributed by atoms with van der Waals surface area (Å²) >= 11 is 11.7. The normalized spacial score (nSPS) is 11.2. The van der Waals surface area contributed by atoms with Crippen molar-refractivity contribution in [2.45, 2.75) is 4.90 Å². The van der Waals surface area contributed by atoms with Crippen molar-refractivity contribution in [3.63, 3.8) is 0 Å². The Morgan fingerprint density at radius 2 is 1.54 bits per heavy atom. The molecule has 0 saturated heterocycles. The number of rotatable bonds is 4. The molecule has 3 rings (SSSR count). The number of nitrogens with one attached hydrogen (secondary N) is 1. The van der Waals surface area contributed by atoms with E-state index in [9.17, 15) is 8.42 Å². The minimum Gasteiger partial charge on any atom is -0.276 e. The van der Waals surface area contributed by atoms with E-state index in [1.807, 2.05) is 30.3 Å². The third-order valence-electron chi connectivity index (χ3n) is 3.14. The molecule has 0 aliphatic heterocycles. The maximum atomic E-state index is 12.4. The van der Waals surface area contributed by atoms with Crippen molar-refractivity contribution in [1.29, 1.82) is 0 Å². The fourth-order valence-electron chi connectivity index (χ4n) is 1.98. The quantitative estimate of drug-likeness (QED) is 0.735. The highest BCUT2D eigenvalue weighted by atomic mass is 35.5. The lowest BCUT2D eigenvalue weighted by molar-refractivity contribution is 0.601. The van der Waals surface area contributed by atoms with E-state index >= 15 is 0 Å². The zero-order chi connectivity index (χ0) is 17.2. The number of anilines is 1. The van der Waals surface area contributed by atoms with E-state index < -0.39 is 10.0 Å². The lowest BCUT2D eigenvalue weighted by atomic mass is 10.2. The van der Waals surface area contributed by atoms with E-state index in [4.69, 9.17) is 23.2 Å². The van der Waals surface area contributed by atoms with Crippen LogP contribution in [0.5, 0.6) is 0 Å². The van der Waals surface area contributed by atoms with E-state index in [2.05, 4.69) is 14.7 Å². The van der Waals surface area contributed by atoms with Crippen LogP contribution in [0, 0.1) is 0 Å². The first-order valence-corrected chi connectivity index (χ1v) is 9.05. The van der Waals surface area contributed by atoms with Gasteiger partial charge in [-0.1, -0.05) is 53.5 Å². The predicted octanol–water partition coefficient (Wildman–Crippen LogP) is 4.25. The molecular weight excluding hydrogens is 369 g/mol. The van der Waals surface area contributed by atoms with E-state index in [-0.39, 0.29) is 20.6 Å². The summed E-state index contributed by atoms with van der Waals surface area (Å²) in [6.45, 7) is 0. The number of nitrogens with zero attached hydrogens (tertiary/aromatic N) is 2. The molecule has 5 nitrogen and oxygen atoms in total. The molecule has 3 aromatic rings. The molecule has 0 radical (unpaired) electrons. The minimum atomic E-state index is -3.80. The van der Waals surface area contributed by atoms with Crippen molar-refractivity contribution in [2.24, 2.45) is 0 Å². The lowest BCUT2D eigenvalue weighted by Gasteiger charge is -2.09. The molecule has 122 valence electrons. The van der Waals surface area contributed by atoms with Gasteiger partial charge < -0.3 is 0 Å². The molecule has 0 fully saturated rings. The van der Waals surface area contributed by atoms with Gasteiger partial charge in [-0.3, -0.25) is 4.72 Å². The molecule has 24 heavy (non-hydrogen) atoms. The molecule has 0 spiro atoms. The standard InChI is InChI=1S/C16H11Cl2N3O2S/c17-14-7-6-13(8-15(14)18)24(22,23)21-12-9-19-16(20-10-12)11-4-2-1-3-5-11/h1-10,21H. The molecule has 1 N–H and O–H groups in total. The van der Waals surface area contributed by atoms with Crippen LogP contribution in [0.25, 0.3) is 11.4 Å². The average Bonchev–Trinajstić information content (AvgIpc) is 2.58. The van der Waals surface area contributed by atoms with Crippen LogP contribution in [-0.2, 0) is 10.0 Å². The fourth-order valence-corrected chi connectivity index (χ4v) is 3.39. The molecule has 0 atom stereocenters. The van der Waals surface area contributed by atoms with Gasteiger partial charge in [0.15, 0.2) is 5.82 Å². The van der Waals surface area contributed by atoms with Crippen molar-refractivity contribution in [3.8, 4) is 11.4 Å². The summed E-state index contributed by atoms with van der Waals surface area (Å²) in [7, 11) is -3.80. The van der Waals surface area contributed by atoms with Crippen molar-refractivity contribution >= 4 is 38.9 Å². The lowest BCUT2D eigenvalue weighted by Crippen LogP contribution is -2.13. The Morgan fingerprint density at radius 3 is 2.17 bits per heavy atom. The number of aromatic nitrogens is 2. The van der Waals surface area contributed by atoms with Crippen LogP contribution < -0.4 is 4.72 Å².